The van der Waals surface area contributed by atoms with E-state index in [1.54, 1.807) is 103 Å². The molecular formula is C37H61BN2. The van der Waals surface area contributed by atoms with Crippen LogP contribution in [0.25, 0.3) is 0 Å². The molecule has 40 heavy (non-hydrogen) atoms. The SMILES string of the molecule is CC1CCC2CC3C4CCCCC4N(B(C4CCCCC4)N4C5CCCCC5C5CC6CCCCC6C54)C3C2C1. The maximum absolute atomic E-state index is 3.51. The Morgan fingerprint density at radius 1 is 0.425 bits per heavy atom. The molecule has 0 aromatic rings. The monoisotopic (exact) mass is 544 g/mol. The van der Waals surface area contributed by atoms with Gasteiger partial charge in [-0.2, -0.15) is 0 Å². The van der Waals surface area contributed by atoms with Crippen LogP contribution >= 0.6 is 0 Å². The van der Waals surface area contributed by atoms with Crippen molar-refractivity contribution < 1.29 is 0 Å². The summed E-state index contributed by atoms with van der Waals surface area (Å²) < 4.78 is 0. The maximum Gasteiger partial charge on any atom is 0.315 e. The van der Waals surface area contributed by atoms with E-state index in [1.165, 1.54) is 38.5 Å². The molecule has 2 nitrogen and oxygen atoms in total. The van der Waals surface area contributed by atoms with E-state index >= 15 is 0 Å². The van der Waals surface area contributed by atoms with Crippen molar-refractivity contribution in [3.05, 3.63) is 0 Å². The zero-order valence-corrected chi connectivity index (χ0v) is 26.1. The lowest BCUT2D eigenvalue weighted by molar-refractivity contribution is 0.105. The zero-order valence-electron chi connectivity index (χ0n) is 26.1. The molecule has 3 heteroatoms. The van der Waals surface area contributed by atoms with Crippen LogP contribution < -0.4 is 0 Å². The van der Waals surface area contributed by atoms with Gasteiger partial charge in [0.2, 0.25) is 0 Å². The molecular weight excluding hydrogens is 483 g/mol. The van der Waals surface area contributed by atoms with Crippen LogP contribution in [0.15, 0.2) is 0 Å². The van der Waals surface area contributed by atoms with E-state index in [4.69, 9.17) is 0 Å². The third kappa shape index (κ3) is 4.00. The van der Waals surface area contributed by atoms with Gasteiger partial charge < -0.3 is 9.62 Å². The van der Waals surface area contributed by atoms with Gasteiger partial charge in [0.25, 0.3) is 0 Å². The van der Waals surface area contributed by atoms with Crippen molar-refractivity contribution in [3.63, 3.8) is 0 Å². The van der Waals surface area contributed by atoms with Crippen molar-refractivity contribution in [2.24, 2.45) is 53.3 Å². The smallest absolute Gasteiger partial charge is 0.315 e. The fraction of sp³-hybridized carbons (Fsp3) is 1.00. The zero-order chi connectivity index (χ0) is 26.4. The van der Waals surface area contributed by atoms with Gasteiger partial charge in [0.1, 0.15) is 0 Å². The van der Waals surface area contributed by atoms with Crippen LogP contribution in [-0.2, 0) is 0 Å². The number of rotatable bonds is 3. The van der Waals surface area contributed by atoms with Crippen molar-refractivity contribution in [1.29, 1.82) is 0 Å². The van der Waals surface area contributed by atoms with Crippen LogP contribution in [0.2, 0.25) is 5.82 Å². The second-order valence-corrected chi connectivity index (χ2v) is 17.6. The van der Waals surface area contributed by atoms with Gasteiger partial charge in [-0.3, -0.25) is 0 Å². The van der Waals surface area contributed by atoms with E-state index in [2.05, 4.69) is 16.5 Å². The van der Waals surface area contributed by atoms with Crippen LogP contribution in [0.1, 0.15) is 148 Å². The normalized spacial score (nSPS) is 52.9. The molecule has 7 saturated carbocycles. The van der Waals surface area contributed by atoms with Gasteiger partial charge in [-0.05, 0) is 117 Å². The van der Waals surface area contributed by atoms with Crippen molar-refractivity contribution in [2.75, 3.05) is 0 Å². The van der Waals surface area contributed by atoms with Gasteiger partial charge >= 0.3 is 6.98 Å². The first-order chi connectivity index (χ1) is 19.8. The summed E-state index contributed by atoms with van der Waals surface area (Å²) in [6.45, 7) is 3.44. The summed E-state index contributed by atoms with van der Waals surface area (Å²) in [5.74, 6) is 10.4. The van der Waals surface area contributed by atoms with E-state index in [1.807, 2.05) is 0 Å². The predicted octanol–water partition coefficient (Wildman–Crippen LogP) is 9.19. The molecule has 0 amide bonds. The van der Waals surface area contributed by atoms with Gasteiger partial charge in [0.15, 0.2) is 0 Å². The Kier molecular flexibility index (Phi) is 6.97. The molecule has 0 aromatic heterocycles. The summed E-state index contributed by atoms with van der Waals surface area (Å²) in [5, 5.41) is 0. The van der Waals surface area contributed by atoms with Gasteiger partial charge in [0.05, 0.1) is 0 Å². The molecule has 9 fully saturated rings. The Hall–Kier alpha value is -0.0151. The van der Waals surface area contributed by atoms with Gasteiger partial charge in [-0.15, -0.1) is 0 Å². The Balaban J connectivity index is 1.16. The van der Waals surface area contributed by atoms with Crippen molar-refractivity contribution in [1.82, 2.24) is 9.62 Å². The molecule has 9 aliphatic rings. The Morgan fingerprint density at radius 2 is 0.950 bits per heavy atom. The van der Waals surface area contributed by atoms with Gasteiger partial charge in [0, 0.05) is 24.2 Å². The van der Waals surface area contributed by atoms with Crippen LogP contribution in [0, 0.1) is 53.3 Å². The van der Waals surface area contributed by atoms with Crippen LogP contribution in [0.5, 0.6) is 0 Å². The van der Waals surface area contributed by atoms with Crippen LogP contribution in [-0.4, -0.2) is 40.8 Å². The van der Waals surface area contributed by atoms with Gasteiger partial charge in [-0.1, -0.05) is 90.4 Å². The number of nitrogens with zero attached hydrogens (tertiary/aromatic N) is 2. The first-order valence-corrected chi connectivity index (χ1v) is 19.3. The number of hydrogen-bond acceptors (Lipinski definition) is 2. The van der Waals surface area contributed by atoms with Crippen molar-refractivity contribution in [3.8, 4) is 0 Å². The molecule has 13 unspecified atom stereocenters. The quantitative estimate of drug-likeness (QED) is 0.327. The molecule has 222 valence electrons. The Labute approximate surface area is 247 Å². The molecule has 0 radical (unpaired) electrons. The molecule has 0 N–H and O–H groups in total. The summed E-state index contributed by atoms with van der Waals surface area (Å²) >= 11 is 0. The van der Waals surface area contributed by atoms with Crippen LogP contribution in [0.4, 0.5) is 0 Å². The lowest BCUT2D eigenvalue weighted by atomic mass is 9.51. The highest BCUT2D eigenvalue weighted by Crippen LogP contribution is 2.63. The molecule has 2 saturated heterocycles. The minimum absolute atomic E-state index is 0.818. The molecule has 0 aromatic carbocycles. The predicted molar refractivity (Wildman–Crippen MR) is 167 cm³/mol. The average molecular weight is 545 g/mol. The molecule has 2 aliphatic heterocycles. The lowest BCUT2D eigenvalue weighted by Gasteiger charge is -2.52. The first-order valence-electron chi connectivity index (χ1n) is 19.3. The molecule has 7 aliphatic carbocycles. The van der Waals surface area contributed by atoms with E-state index in [-0.39, 0.29) is 0 Å². The minimum atomic E-state index is 0.818. The summed E-state index contributed by atoms with van der Waals surface area (Å²) in [4.78, 5) is 7.02. The summed E-state index contributed by atoms with van der Waals surface area (Å²) in [5.41, 5.74) is 0. The van der Waals surface area contributed by atoms with Crippen molar-refractivity contribution >= 4 is 6.98 Å². The summed E-state index contributed by atoms with van der Waals surface area (Å²) in [6.07, 6.45) is 34.3. The van der Waals surface area contributed by atoms with Crippen molar-refractivity contribution in [2.45, 2.75) is 178 Å². The fourth-order valence-electron chi connectivity index (χ4n) is 14.8. The largest absolute Gasteiger partial charge is 0.322 e. The third-order valence-electron chi connectivity index (χ3n) is 16.0. The van der Waals surface area contributed by atoms with E-state index < -0.39 is 0 Å². The second kappa shape index (κ2) is 10.6. The van der Waals surface area contributed by atoms with E-state index in [0.717, 1.165) is 90.2 Å². The highest BCUT2D eigenvalue weighted by atomic mass is 15.3. The maximum atomic E-state index is 3.51. The highest BCUT2D eigenvalue weighted by Gasteiger charge is 2.66. The second-order valence-electron chi connectivity index (χ2n) is 17.6. The first kappa shape index (κ1) is 26.4. The van der Waals surface area contributed by atoms with Gasteiger partial charge in [-0.25, -0.2) is 0 Å². The molecule has 0 bridgehead atoms. The lowest BCUT2D eigenvalue weighted by Crippen LogP contribution is -2.65. The minimum Gasteiger partial charge on any atom is -0.322 e. The molecule has 2 heterocycles. The number of hydrogen-bond donors (Lipinski definition) is 0. The molecule has 0 spiro atoms. The summed E-state index contributed by atoms with van der Waals surface area (Å²) in [7, 11) is 0. The Morgan fingerprint density at radius 3 is 1.62 bits per heavy atom. The van der Waals surface area contributed by atoms with Crippen LogP contribution in [0.3, 0.4) is 0 Å². The van der Waals surface area contributed by atoms with E-state index in [0.29, 0.717) is 0 Å². The van der Waals surface area contributed by atoms with E-state index in [9.17, 15) is 0 Å². The third-order valence-corrected chi connectivity index (χ3v) is 16.0. The summed E-state index contributed by atoms with van der Waals surface area (Å²) in [6, 6.07) is 3.81. The molecule has 9 rings (SSSR count). The standard InChI is InChI=1S/C37H61BN2/c1-24-19-20-26-23-33-30-16-8-10-18-35(30)40(37(33)31(26)21-24)38(27-12-3-2-4-13-27)39-34-17-9-7-15-29(34)32-22-25-11-5-6-14-28(25)36(32)39/h24-37H,2-23H2,1H3. The molecule has 13 atom stereocenters. The fourth-order valence-corrected chi connectivity index (χ4v) is 14.8. The highest BCUT2D eigenvalue weighted by molar-refractivity contribution is 6.55. The average Bonchev–Trinajstić information content (AvgIpc) is 3.72. The number of fused-ring (bicyclic) bond motifs is 10. The topological polar surface area (TPSA) is 6.48 Å². The Bertz CT molecular complexity index is 914.